The second-order valence-electron chi connectivity index (χ2n) is 3.97. The van der Waals surface area contributed by atoms with E-state index in [1.165, 1.54) is 4.88 Å². The first-order chi connectivity index (χ1) is 8.33. The third-order valence-corrected chi connectivity index (χ3v) is 4.02. The third kappa shape index (κ3) is 2.21. The Morgan fingerprint density at radius 3 is 3.00 bits per heavy atom. The molecule has 86 valence electrons. The molecule has 1 aromatic carbocycles. The summed E-state index contributed by atoms with van der Waals surface area (Å²) in [5.74, 6) is 0. The van der Waals surface area contributed by atoms with E-state index < -0.39 is 0 Å². The molecule has 1 aliphatic heterocycles. The summed E-state index contributed by atoms with van der Waals surface area (Å²) in [5, 5.41) is 7.25. The largest absolute Gasteiger partial charge is 0.301 e. The van der Waals surface area contributed by atoms with E-state index in [0.717, 1.165) is 22.7 Å². The second-order valence-corrected chi connectivity index (χ2v) is 5.39. The highest BCUT2D eigenvalue weighted by atomic mass is 35.5. The molecule has 1 aliphatic rings. The normalized spacial score (nSPS) is 18.9. The first-order valence-electron chi connectivity index (χ1n) is 5.44. The topological polar surface area (TPSA) is 24.4 Å². The van der Waals surface area contributed by atoms with Crippen LogP contribution in [-0.2, 0) is 0 Å². The zero-order chi connectivity index (χ0) is 11.7. The van der Waals surface area contributed by atoms with Crippen molar-refractivity contribution in [1.29, 1.82) is 0 Å². The Hall–Kier alpha value is -1.32. The molecule has 0 spiro atoms. The summed E-state index contributed by atoms with van der Waals surface area (Å²) in [6.07, 6.45) is 0.918. The molecule has 0 saturated carbocycles. The second kappa shape index (κ2) is 4.51. The molecule has 2 aromatic rings. The molecule has 1 unspecified atom stereocenters. The minimum Gasteiger partial charge on any atom is -0.301 e. The lowest BCUT2D eigenvalue weighted by Crippen LogP contribution is -2.07. The van der Waals surface area contributed by atoms with Gasteiger partial charge in [-0.15, -0.1) is 11.3 Å². The summed E-state index contributed by atoms with van der Waals surface area (Å²) in [7, 11) is 0. The fourth-order valence-corrected chi connectivity index (χ4v) is 2.91. The van der Waals surface area contributed by atoms with Crippen LogP contribution in [0.4, 0.5) is 0 Å². The molecular weight excluding hydrogens is 252 g/mol. The lowest BCUT2D eigenvalue weighted by Gasteiger charge is -2.06. The molecule has 0 saturated heterocycles. The number of benzene rings is 1. The average molecular weight is 263 g/mol. The number of hydrazone groups is 1. The summed E-state index contributed by atoms with van der Waals surface area (Å²) in [5.41, 5.74) is 5.36. The van der Waals surface area contributed by atoms with Crippen molar-refractivity contribution < 1.29 is 0 Å². The zero-order valence-electron chi connectivity index (χ0n) is 9.06. The van der Waals surface area contributed by atoms with Gasteiger partial charge in [-0.3, -0.25) is 0 Å². The Morgan fingerprint density at radius 2 is 2.24 bits per heavy atom. The van der Waals surface area contributed by atoms with Crippen LogP contribution in [0.5, 0.6) is 0 Å². The van der Waals surface area contributed by atoms with Crippen molar-refractivity contribution in [2.75, 3.05) is 0 Å². The van der Waals surface area contributed by atoms with Gasteiger partial charge in [-0.25, -0.2) is 0 Å². The Morgan fingerprint density at radius 1 is 1.29 bits per heavy atom. The van der Waals surface area contributed by atoms with E-state index >= 15 is 0 Å². The number of hydrogen-bond acceptors (Lipinski definition) is 3. The van der Waals surface area contributed by atoms with E-state index in [1.807, 2.05) is 24.3 Å². The molecule has 1 N–H and O–H groups in total. The van der Waals surface area contributed by atoms with Crippen molar-refractivity contribution in [3.63, 3.8) is 0 Å². The standard InChI is InChI=1S/C13H11ClN2S/c14-10-4-1-3-9(7-10)11-8-12(16-15-11)13-5-2-6-17-13/h1-7,12,16H,8H2. The van der Waals surface area contributed by atoms with Gasteiger partial charge < -0.3 is 5.43 Å². The number of hydrogen-bond donors (Lipinski definition) is 1. The Kier molecular flexibility index (Phi) is 2.87. The summed E-state index contributed by atoms with van der Waals surface area (Å²) in [4.78, 5) is 1.32. The van der Waals surface area contributed by atoms with E-state index in [0.29, 0.717) is 6.04 Å². The van der Waals surface area contributed by atoms with Gasteiger partial charge in [-0.1, -0.05) is 29.8 Å². The molecule has 0 radical (unpaired) electrons. The molecular formula is C13H11ClN2S. The van der Waals surface area contributed by atoms with Crippen LogP contribution in [0.25, 0.3) is 0 Å². The van der Waals surface area contributed by atoms with E-state index in [4.69, 9.17) is 11.6 Å². The van der Waals surface area contributed by atoms with Gasteiger partial charge in [0.15, 0.2) is 0 Å². The Bertz CT molecular complexity index is 548. The number of thiophene rings is 1. The monoisotopic (exact) mass is 262 g/mol. The SMILES string of the molecule is Clc1cccc(C2=NNC(c3cccs3)C2)c1. The van der Waals surface area contributed by atoms with Gasteiger partial charge in [0.1, 0.15) is 0 Å². The van der Waals surface area contributed by atoms with Crippen LogP contribution >= 0.6 is 22.9 Å². The summed E-state index contributed by atoms with van der Waals surface area (Å²) < 4.78 is 0. The first-order valence-corrected chi connectivity index (χ1v) is 6.70. The molecule has 1 aromatic heterocycles. The van der Waals surface area contributed by atoms with Crippen LogP contribution in [0.1, 0.15) is 22.9 Å². The Labute approximate surface area is 109 Å². The van der Waals surface area contributed by atoms with E-state index in [9.17, 15) is 0 Å². The lowest BCUT2D eigenvalue weighted by atomic mass is 10.0. The van der Waals surface area contributed by atoms with Gasteiger partial charge in [-0.05, 0) is 29.1 Å². The summed E-state index contributed by atoms with van der Waals surface area (Å²) in [6.45, 7) is 0. The van der Waals surface area contributed by atoms with Gasteiger partial charge in [0.05, 0.1) is 11.8 Å². The average Bonchev–Trinajstić information content (AvgIpc) is 3.00. The molecule has 2 heterocycles. The van der Waals surface area contributed by atoms with Gasteiger partial charge in [-0.2, -0.15) is 5.10 Å². The summed E-state index contributed by atoms with van der Waals surface area (Å²) in [6, 6.07) is 12.4. The van der Waals surface area contributed by atoms with Crippen molar-refractivity contribution in [2.24, 2.45) is 5.10 Å². The molecule has 1 atom stereocenters. The minimum atomic E-state index is 0.309. The summed E-state index contributed by atoms with van der Waals surface area (Å²) >= 11 is 7.74. The molecule has 17 heavy (non-hydrogen) atoms. The van der Waals surface area contributed by atoms with Crippen molar-refractivity contribution in [3.8, 4) is 0 Å². The van der Waals surface area contributed by atoms with Crippen molar-refractivity contribution in [3.05, 3.63) is 57.2 Å². The Balaban J connectivity index is 1.80. The van der Waals surface area contributed by atoms with Gasteiger partial charge in [0.2, 0.25) is 0 Å². The van der Waals surface area contributed by atoms with Crippen LogP contribution in [0.15, 0.2) is 46.9 Å². The third-order valence-electron chi connectivity index (χ3n) is 2.80. The fraction of sp³-hybridized carbons (Fsp3) is 0.154. The maximum Gasteiger partial charge on any atom is 0.0838 e. The predicted octanol–water partition coefficient (Wildman–Crippen LogP) is 3.84. The van der Waals surface area contributed by atoms with Crippen LogP contribution in [0, 0.1) is 0 Å². The lowest BCUT2D eigenvalue weighted by molar-refractivity contribution is 0.630. The van der Waals surface area contributed by atoms with Crippen LogP contribution in [0.2, 0.25) is 5.02 Å². The molecule has 3 rings (SSSR count). The smallest absolute Gasteiger partial charge is 0.0838 e. The van der Waals surface area contributed by atoms with Crippen molar-refractivity contribution in [1.82, 2.24) is 5.43 Å². The highest BCUT2D eigenvalue weighted by Gasteiger charge is 2.21. The first kappa shape index (κ1) is 10.8. The highest BCUT2D eigenvalue weighted by molar-refractivity contribution is 7.10. The molecule has 0 amide bonds. The van der Waals surface area contributed by atoms with Gasteiger partial charge in [0.25, 0.3) is 0 Å². The number of nitrogens with one attached hydrogen (secondary N) is 1. The molecule has 0 bridgehead atoms. The van der Waals surface area contributed by atoms with Crippen molar-refractivity contribution >= 4 is 28.6 Å². The molecule has 0 fully saturated rings. The quantitative estimate of drug-likeness (QED) is 0.874. The number of rotatable bonds is 2. The van der Waals surface area contributed by atoms with Crippen LogP contribution in [-0.4, -0.2) is 5.71 Å². The van der Waals surface area contributed by atoms with Crippen LogP contribution in [0.3, 0.4) is 0 Å². The molecule has 2 nitrogen and oxygen atoms in total. The molecule has 4 heteroatoms. The fourth-order valence-electron chi connectivity index (χ4n) is 1.94. The minimum absolute atomic E-state index is 0.309. The van der Waals surface area contributed by atoms with E-state index in [2.05, 4.69) is 28.0 Å². The maximum atomic E-state index is 5.99. The predicted molar refractivity (Wildman–Crippen MR) is 72.8 cm³/mol. The van der Waals surface area contributed by atoms with E-state index in [-0.39, 0.29) is 0 Å². The number of nitrogens with zero attached hydrogens (tertiary/aromatic N) is 1. The van der Waals surface area contributed by atoms with Gasteiger partial charge >= 0.3 is 0 Å². The van der Waals surface area contributed by atoms with Crippen molar-refractivity contribution in [2.45, 2.75) is 12.5 Å². The highest BCUT2D eigenvalue weighted by Crippen LogP contribution is 2.28. The van der Waals surface area contributed by atoms with E-state index in [1.54, 1.807) is 11.3 Å². The molecule has 0 aliphatic carbocycles. The number of halogens is 1. The zero-order valence-corrected chi connectivity index (χ0v) is 10.6. The maximum absolute atomic E-state index is 5.99. The van der Waals surface area contributed by atoms with Crippen LogP contribution < -0.4 is 5.43 Å². The van der Waals surface area contributed by atoms with Gasteiger partial charge in [0, 0.05) is 16.3 Å².